The minimum Gasteiger partial charge on any atom is -0.395 e. The number of hydrogen-bond donors (Lipinski definition) is 2. The van der Waals surface area contributed by atoms with Gasteiger partial charge < -0.3 is 10.4 Å². The van der Waals surface area contributed by atoms with Crippen LogP contribution in [-0.4, -0.2) is 17.8 Å². The third-order valence-corrected chi connectivity index (χ3v) is 4.57. The molecule has 0 aromatic carbocycles. The number of aliphatic hydroxyl groups excluding tert-OH is 1. The number of aliphatic hydroxyl groups is 1. The molecule has 90 valence electrons. The van der Waals surface area contributed by atoms with Gasteiger partial charge in [0, 0.05) is 17.0 Å². The number of halogens is 1. The van der Waals surface area contributed by atoms with Gasteiger partial charge >= 0.3 is 0 Å². The van der Waals surface area contributed by atoms with Crippen molar-refractivity contribution in [2.24, 2.45) is 0 Å². The van der Waals surface area contributed by atoms with Gasteiger partial charge in [0.2, 0.25) is 0 Å². The molecule has 1 heterocycles. The zero-order valence-electron chi connectivity index (χ0n) is 9.50. The highest BCUT2D eigenvalue weighted by Gasteiger charge is 2.24. The number of thiophene rings is 1. The van der Waals surface area contributed by atoms with Crippen molar-refractivity contribution in [2.75, 3.05) is 6.61 Å². The molecule has 2 atom stereocenters. The SMILES string of the molecule is CC[C@@H](CO)NC1CCCc2sc(Cl)cc21. The number of rotatable bonds is 4. The Morgan fingerprint density at radius 3 is 3.19 bits per heavy atom. The molecule has 0 spiro atoms. The second kappa shape index (κ2) is 5.50. The normalized spacial score (nSPS) is 21.8. The van der Waals surface area contributed by atoms with E-state index in [1.807, 2.05) is 0 Å². The van der Waals surface area contributed by atoms with Crippen LogP contribution < -0.4 is 5.32 Å². The molecule has 0 amide bonds. The van der Waals surface area contributed by atoms with Crippen molar-refractivity contribution in [2.45, 2.75) is 44.7 Å². The van der Waals surface area contributed by atoms with E-state index < -0.39 is 0 Å². The Balaban J connectivity index is 2.12. The average Bonchev–Trinajstić information content (AvgIpc) is 2.67. The smallest absolute Gasteiger partial charge is 0.0934 e. The van der Waals surface area contributed by atoms with Gasteiger partial charge in [-0.2, -0.15) is 0 Å². The first-order valence-corrected chi connectivity index (χ1v) is 7.09. The first-order chi connectivity index (χ1) is 7.74. The lowest BCUT2D eigenvalue weighted by Gasteiger charge is -2.27. The summed E-state index contributed by atoms with van der Waals surface area (Å²) in [6.45, 7) is 2.30. The summed E-state index contributed by atoms with van der Waals surface area (Å²) in [5.74, 6) is 0. The molecular weight excluding hydrogens is 242 g/mol. The molecule has 0 fully saturated rings. The zero-order chi connectivity index (χ0) is 11.5. The van der Waals surface area contributed by atoms with Crippen molar-refractivity contribution in [3.63, 3.8) is 0 Å². The molecule has 1 unspecified atom stereocenters. The first kappa shape index (κ1) is 12.4. The predicted octanol–water partition coefficient (Wildman–Crippen LogP) is 3.14. The maximum Gasteiger partial charge on any atom is 0.0934 e. The molecule has 0 aliphatic heterocycles. The summed E-state index contributed by atoms with van der Waals surface area (Å²) < 4.78 is 0.885. The Kier molecular flexibility index (Phi) is 4.25. The molecule has 2 rings (SSSR count). The molecule has 2 nitrogen and oxygen atoms in total. The molecule has 1 aliphatic carbocycles. The number of aryl methyl sites for hydroxylation is 1. The van der Waals surface area contributed by atoms with Crippen LogP contribution in [0.3, 0.4) is 0 Å². The quantitative estimate of drug-likeness (QED) is 0.871. The highest BCUT2D eigenvalue weighted by atomic mass is 35.5. The molecule has 0 radical (unpaired) electrons. The van der Waals surface area contributed by atoms with Crippen molar-refractivity contribution in [1.82, 2.24) is 5.32 Å². The molecule has 0 bridgehead atoms. The molecule has 1 aliphatic rings. The molecule has 16 heavy (non-hydrogen) atoms. The van der Waals surface area contributed by atoms with E-state index in [1.165, 1.54) is 16.9 Å². The first-order valence-electron chi connectivity index (χ1n) is 5.89. The molecule has 2 N–H and O–H groups in total. The maximum absolute atomic E-state index is 9.22. The number of fused-ring (bicyclic) bond motifs is 1. The van der Waals surface area contributed by atoms with Crippen LogP contribution in [0.1, 0.15) is 42.7 Å². The Labute approximate surface area is 106 Å². The van der Waals surface area contributed by atoms with Gasteiger partial charge in [-0.25, -0.2) is 0 Å². The highest BCUT2D eigenvalue weighted by Crippen LogP contribution is 2.37. The van der Waals surface area contributed by atoms with Crippen molar-refractivity contribution >= 4 is 22.9 Å². The number of hydrogen-bond acceptors (Lipinski definition) is 3. The van der Waals surface area contributed by atoms with E-state index in [1.54, 1.807) is 11.3 Å². The van der Waals surface area contributed by atoms with E-state index in [2.05, 4.69) is 18.3 Å². The van der Waals surface area contributed by atoms with Crippen molar-refractivity contribution in [3.8, 4) is 0 Å². The van der Waals surface area contributed by atoms with Crippen LogP contribution in [0.15, 0.2) is 6.07 Å². The standard InChI is InChI=1S/C12H18ClNOS/c1-2-8(7-15)14-10-4-3-5-11-9(10)6-12(13)16-11/h6,8,10,14-15H,2-5,7H2,1H3/t8-,10?/m0/s1. The van der Waals surface area contributed by atoms with E-state index in [9.17, 15) is 5.11 Å². The monoisotopic (exact) mass is 259 g/mol. The fourth-order valence-corrected chi connectivity index (χ4v) is 3.66. The second-order valence-corrected chi connectivity index (χ2v) is 6.10. The Morgan fingerprint density at radius 2 is 2.50 bits per heavy atom. The summed E-state index contributed by atoms with van der Waals surface area (Å²) >= 11 is 7.76. The van der Waals surface area contributed by atoms with E-state index in [4.69, 9.17) is 11.6 Å². The van der Waals surface area contributed by atoms with Gasteiger partial charge in [-0.15, -0.1) is 11.3 Å². The van der Waals surface area contributed by atoms with Crippen molar-refractivity contribution in [1.29, 1.82) is 0 Å². The summed E-state index contributed by atoms with van der Waals surface area (Å²) in [4.78, 5) is 1.42. The van der Waals surface area contributed by atoms with Crippen LogP contribution in [0.4, 0.5) is 0 Å². The van der Waals surface area contributed by atoms with Crippen LogP contribution in [0.2, 0.25) is 4.34 Å². The summed E-state index contributed by atoms with van der Waals surface area (Å²) in [6, 6.07) is 2.67. The van der Waals surface area contributed by atoms with Gasteiger partial charge in [0.05, 0.1) is 10.9 Å². The molecular formula is C12H18ClNOS. The lowest BCUT2D eigenvalue weighted by atomic mass is 9.93. The summed E-state index contributed by atoms with van der Waals surface area (Å²) in [5, 5.41) is 12.7. The Morgan fingerprint density at radius 1 is 1.69 bits per heavy atom. The number of nitrogens with one attached hydrogen (secondary N) is 1. The summed E-state index contributed by atoms with van der Waals surface area (Å²) in [5.41, 5.74) is 1.35. The second-order valence-electron chi connectivity index (χ2n) is 4.33. The van der Waals surface area contributed by atoms with Crippen LogP contribution in [0, 0.1) is 0 Å². The van der Waals surface area contributed by atoms with E-state index in [0.29, 0.717) is 6.04 Å². The Bertz CT molecular complexity index is 349. The van der Waals surface area contributed by atoms with Gasteiger partial charge in [-0.3, -0.25) is 0 Å². The lowest BCUT2D eigenvalue weighted by Crippen LogP contribution is -2.36. The van der Waals surface area contributed by atoms with Gasteiger partial charge in [0.1, 0.15) is 0 Å². The molecule has 0 saturated heterocycles. The van der Waals surface area contributed by atoms with Crippen LogP contribution in [0.5, 0.6) is 0 Å². The minimum absolute atomic E-state index is 0.203. The summed E-state index contributed by atoms with van der Waals surface area (Å²) in [6.07, 6.45) is 4.47. The molecule has 1 aromatic rings. The van der Waals surface area contributed by atoms with Crippen LogP contribution in [0.25, 0.3) is 0 Å². The zero-order valence-corrected chi connectivity index (χ0v) is 11.1. The molecule has 1 aromatic heterocycles. The Hall–Kier alpha value is -0.0900. The van der Waals surface area contributed by atoms with Crippen LogP contribution >= 0.6 is 22.9 Å². The summed E-state index contributed by atoms with van der Waals surface area (Å²) in [7, 11) is 0. The third-order valence-electron chi connectivity index (χ3n) is 3.23. The largest absolute Gasteiger partial charge is 0.395 e. The maximum atomic E-state index is 9.22. The van der Waals surface area contributed by atoms with Crippen LogP contribution in [-0.2, 0) is 6.42 Å². The van der Waals surface area contributed by atoms with Crippen molar-refractivity contribution < 1.29 is 5.11 Å². The fourth-order valence-electron chi connectivity index (χ4n) is 2.28. The fraction of sp³-hybridized carbons (Fsp3) is 0.667. The topological polar surface area (TPSA) is 32.3 Å². The average molecular weight is 260 g/mol. The highest BCUT2D eigenvalue weighted by molar-refractivity contribution is 7.16. The van der Waals surface area contributed by atoms with Gasteiger partial charge in [-0.1, -0.05) is 18.5 Å². The lowest BCUT2D eigenvalue weighted by molar-refractivity contribution is 0.223. The molecule has 0 saturated carbocycles. The predicted molar refractivity (Wildman–Crippen MR) is 69.3 cm³/mol. The van der Waals surface area contributed by atoms with Gasteiger partial charge in [-0.05, 0) is 37.3 Å². The molecule has 4 heteroatoms. The van der Waals surface area contributed by atoms with E-state index in [-0.39, 0.29) is 12.6 Å². The third kappa shape index (κ3) is 2.59. The van der Waals surface area contributed by atoms with Crippen molar-refractivity contribution in [3.05, 3.63) is 20.8 Å². The van der Waals surface area contributed by atoms with E-state index >= 15 is 0 Å². The minimum atomic E-state index is 0.203. The van der Waals surface area contributed by atoms with Gasteiger partial charge in [0.25, 0.3) is 0 Å². The van der Waals surface area contributed by atoms with E-state index in [0.717, 1.165) is 23.6 Å². The van der Waals surface area contributed by atoms with Gasteiger partial charge in [0.15, 0.2) is 0 Å².